The highest BCUT2D eigenvalue weighted by molar-refractivity contribution is 5.69. The zero-order valence-electron chi connectivity index (χ0n) is 36.1. The second kappa shape index (κ2) is 20.6. The van der Waals surface area contributed by atoms with Gasteiger partial charge < -0.3 is 29.5 Å². The maximum atomic E-state index is 12.5. The van der Waals surface area contributed by atoms with Gasteiger partial charge in [-0.2, -0.15) is 0 Å². The van der Waals surface area contributed by atoms with Gasteiger partial charge in [0.15, 0.2) is 6.29 Å². The maximum absolute atomic E-state index is 12.5. The van der Waals surface area contributed by atoms with Crippen molar-refractivity contribution in [1.82, 2.24) is 0 Å². The smallest absolute Gasteiger partial charge is 0.305 e. The molecule has 14 unspecified atom stereocenters. The zero-order chi connectivity index (χ0) is 39.8. The van der Waals surface area contributed by atoms with E-state index in [4.69, 9.17) is 14.2 Å². The van der Waals surface area contributed by atoms with E-state index in [1.165, 1.54) is 82.6 Å². The largest absolute Gasteiger partial charge is 0.463 e. The predicted octanol–water partition coefficient (Wildman–Crippen LogP) is 10.5. The van der Waals surface area contributed by atoms with Crippen LogP contribution in [-0.2, 0) is 19.0 Å². The summed E-state index contributed by atoms with van der Waals surface area (Å²) in [4.78, 5) is 12.5. The Labute approximate surface area is 335 Å². The number of aliphatic hydroxyl groups excluding tert-OH is 3. The normalized spacial score (nSPS) is 38.6. The lowest BCUT2D eigenvalue weighted by Crippen LogP contribution is -2.60. The van der Waals surface area contributed by atoms with Crippen molar-refractivity contribution in [2.24, 2.45) is 52.3 Å². The topological polar surface area (TPSA) is 105 Å². The molecule has 0 radical (unpaired) electrons. The van der Waals surface area contributed by atoms with Gasteiger partial charge in [-0.15, -0.1) is 0 Å². The molecule has 5 rings (SSSR count). The fraction of sp³-hybridized carbons (Fsp3) is 0.896. The Morgan fingerprint density at radius 3 is 2.22 bits per heavy atom. The molecule has 4 fully saturated rings. The van der Waals surface area contributed by atoms with E-state index in [1.807, 2.05) is 0 Å². The summed E-state index contributed by atoms with van der Waals surface area (Å²) in [5, 5.41) is 32.4. The highest BCUT2D eigenvalue weighted by Gasteiger charge is 2.59. The van der Waals surface area contributed by atoms with E-state index in [1.54, 1.807) is 0 Å². The standard InChI is InChI=1S/C48H82O7/c1-8-10-11-12-13-14-15-16-17-18-19-42(49)53-31-41-43(50)44(51)45(52)46(55-41)54-36-26-28-47(6)35(30-36)22-23-37-39-25-24-38(48(39,7)29-27-40(37)47)33(5)20-21-34(9-2)32(3)4/h20-22,32-34,36-41,43-46,50-52H,8-19,23-31H2,1-7H3/b21-20+. The number of allylic oxidation sites excluding steroid dienone is 3. The number of ether oxygens (including phenoxy) is 3. The van der Waals surface area contributed by atoms with E-state index in [-0.39, 0.29) is 24.1 Å². The van der Waals surface area contributed by atoms with Gasteiger partial charge in [0, 0.05) is 6.42 Å². The molecule has 1 heterocycles. The zero-order valence-corrected chi connectivity index (χ0v) is 36.1. The van der Waals surface area contributed by atoms with Gasteiger partial charge >= 0.3 is 5.97 Å². The number of rotatable bonds is 20. The summed E-state index contributed by atoms with van der Waals surface area (Å²) >= 11 is 0. The van der Waals surface area contributed by atoms with Gasteiger partial charge in [-0.25, -0.2) is 0 Å². The first-order valence-electron chi connectivity index (χ1n) is 23.2. The van der Waals surface area contributed by atoms with Crippen LogP contribution in [0.3, 0.4) is 0 Å². The minimum Gasteiger partial charge on any atom is -0.463 e. The average Bonchev–Trinajstić information content (AvgIpc) is 3.52. The molecule has 0 spiro atoms. The first-order valence-corrected chi connectivity index (χ1v) is 23.2. The molecule has 14 atom stereocenters. The van der Waals surface area contributed by atoms with Crippen molar-refractivity contribution in [1.29, 1.82) is 0 Å². The van der Waals surface area contributed by atoms with Crippen molar-refractivity contribution in [3.8, 4) is 0 Å². The van der Waals surface area contributed by atoms with Crippen LogP contribution in [0.5, 0.6) is 0 Å². The van der Waals surface area contributed by atoms with Crippen molar-refractivity contribution in [3.63, 3.8) is 0 Å². The summed E-state index contributed by atoms with van der Waals surface area (Å²) < 4.78 is 18.0. The van der Waals surface area contributed by atoms with E-state index < -0.39 is 30.7 Å². The molecule has 1 aliphatic heterocycles. The second-order valence-electron chi connectivity index (χ2n) is 19.7. The van der Waals surface area contributed by atoms with E-state index in [9.17, 15) is 20.1 Å². The van der Waals surface area contributed by atoms with E-state index in [2.05, 4.69) is 66.7 Å². The molecule has 55 heavy (non-hydrogen) atoms. The van der Waals surface area contributed by atoms with E-state index in [0.29, 0.717) is 35.5 Å². The molecule has 0 aromatic carbocycles. The first-order chi connectivity index (χ1) is 26.3. The molecule has 7 nitrogen and oxygen atoms in total. The van der Waals surface area contributed by atoms with Crippen molar-refractivity contribution < 1.29 is 34.3 Å². The predicted molar refractivity (Wildman–Crippen MR) is 221 cm³/mol. The van der Waals surface area contributed by atoms with Crippen LogP contribution in [-0.4, -0.2) is 64.7 Å². The summed E-state index contributed by atoms with van der Waals surface area (Å²) in [6.07, 6.45) is 23.9. The molecule has 316 valence electrons. The minimum absolute atomic E-state index is 0.146. The van der Waals surface area contributed by atoms with Gasteiger partial charge in [0.25, 0.3) is 0 Å². The monoisotopic (exact) mass is 771 g/mol. The molecule has 3 saturated carbocycles. The number of unbranched alkanes of at least 4 members (excludes halogenated alkanes) is 9. The number of carbonyl (C=O) groups is 1. The van der Waals surface area contributed by atoms with Gasteiger partial charge in [-0.05, 0) is 116 Å². The second-order valence-corrected chi connectivity index (χ2v) is 19.7. The summed E-state index contributed by atoms with van der Waals surface area (Å²) in [5.41, 5.74) is 2.05. The lowest BCUT2D eigenvalue weighted by molar-refractivity contribution is -0.313. The minimum atomic E-state index is -1.44. The molecule has 0 amide bonds. The van der Waals surface area contributed by atoms with E-state index >= 15 is 0 Å². The lowest BCUT2D eigenvalue weighted by Gasteiger charge is -2.58. The lowest BCUT2D eigenvalue weighted by atomic mass is 9.47. The van der Waals surface area contributed by atoms with Crippen LogP contribution in [0.2, 0.25) is 0 Å². The number of fused-ring (bicyclic) bond motifs is 5. The third-order valence-electron chi connectivity index (χ3n) is 15.9. The first kappa shape index (κ1) is 44.8. The van der Waals surface area contributed by atoms with Crippen molar-refractivity contribution in [2.75, 3.05) is 6.61 Å². The molecule has 7 heteroatoms. The Kier molecular flexibility index (Phi) is 16.8. The third-order valence-corrected chi connectivity index (χ3v) is 15.9. The van der Waals surface area contributed by atoms with Crippen LogP contribution in [0.4, 0.5) is 0 Å². The molecule has 1 saturated heterocycles. The van der Waals surface area contributed by atoms with Crippen molar-refractivity contribution in [2.45, 2.75) is 214 Å². The number of hydrogen-bond acceptors (Lipinski definition) is 7. The van der Waals surface area contributed by atoms with Gasteiger partial charge in [0.1, 0.15) is 31.0 Å². The van der Waals surface area contributed by atoms with Crippen LogP contribution in [0.25, 0.3) is 0 Å². The Balaban J connectivity index is 1.10. The van der Waals surface area contributed by atoms with Crippen molar-refractivity contribution >= 4 is 5.97 Å². The number of hydrogen-bond donors (Lipinski definition) is 3. The molecular weight excluding hydrogens is 689 g/mol. The number of carbonyl (C=O) groups excluding carboxylic acids is 1. The van der Waals surface area contributed by atoms with Gasteiger partial charge in [0.2, 0.25) is 0 Å². The molecule has 4 aliphatic carbocycles. The summed E-state index contributed by atoms with van der Waals surface area (Å²) in [6, 6.07) is 0. The maximum Gasteiger partial charge on any atom is 0.305 e. The summed E-state index contributed by atoms with van der Waals surface area (Å²) in [5.74, 6) is 4.62. The fourth-order valence-electron chi connectivity index (χ4n) is 12.3. The summed E-state index contributed by atoms with van der Waals surface area (Å²) in [6.45, 7) is 16.7. The van der Waals surface area contributed by atoms with Gasteiger partial charge in [0.05, 0.1) is 6.10 Å². The van der Waals surface area contributed by atoms with Gasteiger partial charge in [-0.1, -0.05) is 130 Å². The molecule has 3 N–H and O–H groups in total. The average molecular weight is 771 g/mol. The Bertz CT molecular complexity index is 1250. The van der Waals surface area contributed by atoms with Crippen LogP contribution < -0.4 is 0 Å². The SMILES string of the molecule is CCCCCCCCCCCCC(=O)OCC1OC(OC2CCC3(C)C(=CCC4C3CCC3(C)C(C(C)/C=C/C(CC)C(C)C)CCC43)C2)C(O)C(O)C1O. The fourth-order valence-corrected chi connectivity index (χ4v) is 12.3. The van der Waals surface area contributed by atoms with Crippen LogP contribution >= 0.6 is 0 Å². The van der Waals surface area contributed by atoms with Crippen molar-refractivity contribution in [3.05, 3.63) is 23.8 Å². The Morgan fingerprint density at radius 1 is 0.855 bits per heavy atom. The Morgan fingerprint density at radius 2 is 1.55 bits per heavy atom. The Hall–Kier alpha value is -1.25. The highest BCUT2D eigenvalue weighted by atomic mass is 16.7. The van der Waals surface area contributed by atoms with Crippen LogP contribution in [0.15, 0.2) is 23.8 Å². The quantitative estimate of drug-likeness (QED) is 0.0643. The molecule has 0 bridgehead atoms. The number of aliphatic hydroxyl groups is 3. The number of esters is 1. The third kappa shape index (κ3) is 10.7. The van der Waals surface area contributed by atoms with E-state index in [0.717, 1.165) is 62.7 Å². The highest BCUT2D eigenvalue weighted by Crippen LogP contribution is 2.67. The van der Waals surface area contributed by atoms with Crippen LogP contribution in [0, 0.1) is 52.3 Å². The molecular formula is C48H82O7. The van der Waals surface area contributed by atoms with Crippen LogP contribution in [0.1, 0.15) is 177 Å². The van der Waals surface area contributed by atoms with Gasteiger partial charge in [-0.3, -0.25) is 4.79 Å². The summed E-state index contributed by atoms with van der Waals surface area (Å²) in [7, 11) is 0. The molecule has 5 aliphatic rings. The molecule has 0 aromatic rings. The molecule has 0 aromatic heterocycles.